The zero-order valence-electron chi connectivity index (χ0n) is 27.7. The molecular weight excluding hydrogens is 659 g/mol. The van der Waals surface area contributed by atoms with Gasteiger partial charge < -0.3 is 19.0 Å². The number of carbonyl (C=O) groups excluding carboxylic acids is 1. The number of alkyl halides is 3. The minimum Gasteiger partial charge on any atom is -0.473 e. The fraction of sp³-hybridized carbons (Fsp3) is 0.211. The number of rotatable bonds is 8. The Kier molecular flexibility index (Phi) is 8.06. The van der Waals surface area contributed by atoms with Gasteiger partial charge in [-0.3, -0.25) is 14.8 Å². The van der Waals surface area contributed by atoms with Crippen molar-refractivity contribution >= 4 is 50.1 Å². The quantitative estimate of drug-likeness (QED) is 0.166. The Morgan fingerprint density at radius 1 is 1.02 bits per heavy atom. The van der Waals surface area contributed by atoms with Crippen LogP contribution in [0.1, 0.15) is 45.3 Å². The van der Waals surface area contributed by atoms with Crippen LogP contribution in [0, 0.1) is 6.92 Å². The Morgan fingerprint density at radius 2 is 1.88 bits per heavy atom. The first-order valence-corrected chi connectivity index (χ1v) is 16.4. The van der Waals surface area contributed by atoms with Gasteiger partial charge in [0.1, 0.15) is 29.5 Å². The highest BCUT2D eigenvalue weighted by Gasteiger charge is 2.35. The summed E-state index contributed by atoms with van der Waals surface area (Å²) < 4.78 is 54.1. The van der Waals surface area contributed by atoms with Gasteiger partial charge in [-0.25, -0.2) is 9.97 Å². The van der Waals surface area contributed by atoms with Gasteiger partial charge in [0.2, 0.25) is 5.88 Å². The Labute approximate surface area is 289 Å². The van der Waals surface area contributed by atoms with Crippen LogP contribution in [-0.2, 0) is 26.4 Å². The van der Waals surface area contributed by atoms with Crippen LogP contribution in [0.3, 0.4) is 0 Å². The number of ether oxygens (including phenoxy) is 1. The highest BCUT2D eigenvalue weighted by Crippen LogP contribution is 2.34. The van der Waals surface area contributed by atoms with Crippen molar-refractivity contribution in [3.8, 4) is 5.88 Å². The molecule has 7 aromatic rings. The maximum atomic E-state index is 13.4. The molecule has 0 aliphatic carbocycles. The fourth-order valence-electron chi connectivity index (χ4n) is 6.52. The van der Waals surface area contributed by atoms with Crippen LogP contribution in [-0.4, -0.2) is 48.6 Å². The molecule has 1 aliphatic rings. The number of amides is 1. The fourth-order valence-corrected chi connectivity index (χ4v) is 6.52. The number of aromatic nitrogens is 5. The number of anilines is 1. The number of furan rings is 1. The van der Waals surface area contributed by atoms with Gasteiger partial charge >= 0.3 is 6.18 Å². The first kappa shape index (κ1) is 32.3. The van der Waals surface area contributed by atoms with E-state index >= 15 is 0 Å². The summed E-state index contributed by atoms with van der Waals surface area (Å²) in [6, 6.07) is 23.3. The average Bonchev–Trinajstić information content (AvgIpc) is 3.81. The minimum atomic E-state index is -4.62. The van der Waals surface area contributed by atoms with Crippen molar-refractivity contribution in [2.75, 3.05) is 18.4 Å². The monoisotopic (exact) mass is 691 g/mol. The van der Waals surface area contributed by atoms with E-state index in [2.05, 4.69) is 21.4 Å². The number of imidazole rings is 1. The van der Waals surface area contributed by atoms with Crippen molar-refractivity contribution in [3.63, 3.8) is 0 Å². The Morgan fingerprint density at radius 3 is 2.71 bits per heavy atom. The van der Waals surface area contributed by atoms with Gasteiger partial charge in [-0.05, 0) is 67.4 Å². The van der Waals surface area contributed by atoms with Crippen molar-refractivity contribution < 1.29 is 27.1 Å². The molecule has 0 unspecified atom stereocenters. The van der Waals surface area contributed by atoms with E-state index in [4.69, 9.17) is 19.1 Å². The number of fused-ring (bicyclic) bond motifs is 3. The number of pyridine rings is 1. The van der Waals surface area contributed by atoms with Gasteiger partial charge in [-0.2, -0.15) is 18.3 Å². The summed E-state index contributed by atoms with van der Waals surface area (Å²) in [4.78, 5) is 25.0. The third-order valence-electron chi connectivity index (χ3n) is 9.17. The third-order valence-corrected chi connectivity index (χ3v) is 9.17. The van der Waals surface area contributed by atoms with E-state index in [0.29, 0.717) is 30.2 Å². The highest BCUT2D eigenvalue weighted by atomic mass is 19.4. The van der Waals surface area contributed by atoms with E-state index in [1.807, 2.05) is 72.2 Å². The molecule has 0 atom stereocenters. The second-order valence-corrected chi connectivity index (χ2v) is 12.6. The lowest BCUT2D eigenvalue weighted by molar-refractivity contribution is -0.139. The SMILES string of the molecule is Cc1cc2cccc(COc3cccc(C4=CCN(Cc5nc6cc(NC(=O)c7ccc8n[nH]c(C(F)(F)F)c8c7)ccc6n5C)CC4)n3)c2o1. The first-order chi connectivity index (χ1) is 24.6. The molecule has 0 fully saturated rings. The van der Waals surface area contributed by atoms with Gasteiger partial charge in [-0.15, -0.1) is 0 Å². The van der Waals surface area contributed by atoms with Crippen LogP contribution in [0.2, 0.25) is 0 Å². The first-order valence-electron chi connectivity index (χ1n) is 16.4. The van der Waals surface area contributed by atoms with Crippen LogP contribution in [0.5, 0.6) is 5.88 Å². The number of halogens is 3. The number of carbonyl (C=O) groups is 1. The molecule has 0 saturated carbocycles. The molecule has 3 aromatic carbocycles. The van der Waals surface area contributed by atoms with Crippen LogP contribution >= 0.6 is 0 Å². The van der Waals surface area contributed by atoms with Gasteiger partial charge in [0.05, 0.1) is 28.8 Å². The predicted octanol–water partition coefficient (Wildman–Crippen LogP) is 8.04. The number of aromatic amines is 1. The Balaban J connectivity index is 0.915. The number of nitrogens with zero attached hydrogens (tertiary/aromatic N) is 5. The lowest BCUT2D eigenvalue weighted by Gasteiger charge is -2.25. The van der Waals surface area contributed by atoms with E-state index in [0.717, 1.165) is 64.4 Å². The molecule has 13 heteroatoms. The lowest BCUT2D eigenvalue weighted by Crippen LogP contribution is -2.29. The second kappa shape index (κ2) is 12.7. The molecule has 1 amide bonds. The molecule has 4 aromatic heterocycles. The summed E-state index contributed by atoms with van der Waals surface area (Å²) in [6.45, 7) is 4.46. The van der Waals surface area contributed by atoms with Crippen molar-refractivity contribution in [1.82, 2.24) is 29.6 Å². The predicted molar refractivity (Wildman–Crippen MR) is 187 cm³/mol. The standard InChI is InChI=1S/C38H32F3N7O3/c1-22-17-24-5-3-6-26(35(24)51-22)21-50-34-8-4-7-29(44-34)23-13-15-48(16-14-23)20-33-43-31-19-27(10-12-32(31)47(33)2)42-37(49)25-9-11-30-28(18-25)36(46-45-30)38(39,40)41/h3-13,17-19H,14-16,20-21H2,1-2H3,(H,42,49)(H,45,46). The zero-order valence-corrected chi connectivity index (χ0v) is 27.7. The molecule has 1 aliphatic heterocycles. The topological polar surface area (TPSA) is 114 Å². The van der Waals surface area contributed by atoms with Gasteiger partial charge in [0.15, 0.2) is 0 Å². The summed E-state index contributed by atoms with van der Waals surface area (Å²) in [5.74, 6) is 1.75. The van der Waals surface area contributed by atoms with Crippen molar-refractivity contribution in [1.29, 1.82) is 0 Å². The van der Waals surface area contributed by atoms with Crippen molar-refractivity contribution in [2.24, 2.45) is 7.05 Å². The Bertz CT molecular complexity index is 2480. The number of H-pyrrole nitrogens is 1. The molecule has 5 heterocycles. The summed E-state index contributed by atoms with van der Waals surface area (Å²) in [7, 11) is 1.95. The summed E-state index contributed by atoms with van der Waals surface area (Å²) in [5.41, 5.74) is 5.15. The van der Waals surface area contributed by atoms with E-state index in [1.165, 1.54) is 18.2 Å². The number of para-hydroxylation sites is 1. The van der Waals surface area contributed by atoms with Gasteiger partial charge in [0, 0.05) is 53.8 Å². The highest BCUT2D eigenvalue weighted by molar-refractivity contribution is 6.07. The van der Waals surface area contributed by atoms with E-state index in [1.54, 1.807) is 12.1 Å². The van der Waals surface area contributed by atoms with Crippen LogP contribution < -0.4 is 10.1 Å². The summed E-state index contributed by atoms with van der Waals surface area (Å²) >= 11 is 0. The van der Waals surface area contributed by atoms with Crippen LogP contribution in [0.4, 0.5) is 18.9 Å². The van der Waals surface area contributed by atoms with Gasteiger partial charge in [-0.1, -0.05) is 30.3 Å². The molecular formula is C38H32F3N7O3. The molecule has 51 heavy (non-hydrogen) atoms. The lowest BCUT2D eigenvalue weighted by atomic mass is 10.0. The normalized spacial score (nSPS) is 14.0. The molecule has 0 spiro atoms. The number of nitrogens with one attached hydrogen (secondary N) is 2. The number of benzene rings is 3. The van der Waals surface area contributed by atoms with Gasteiger partial charge in [0.25, 0.3) is 5.91 Å². The van der Waals surface area contributed by atoms with Crippen molar-refractivity contribution in [3.05, 3.63) is 119 Å². The smallest absolute Gasteiger partial charge is 0.433 e. The average molecular weight is 692 g/mol. The molecule has 258 valence electrons. The maximum absolute atomic E-state index is 13.4. The number of hydrogen-bond acceptors (Lipinski definition) is 7. The molecule has 2 N–H and O–H groups in total. The largest absolute Gasteiger partial charge is 0.473 e. The van der Waals surface area contributed by atoms with E-state index in [-0.39, 0.29) is 16.5 Å². The summed E-state index contributed by atoms with van der Waals surface area (Å²) in [5, 5.41) is 9.39. The van der Waals surface area contributed by atoms with E-state index in [9.17, 15) is 18.0 Å². The minimum absolute atomic E-state index is 0.0844. The molecule has 0 radical (unpaired) electrons. The molecule has 0 saturated heterocycles. The molecule has 8 rings (SSSR count). The molecule has 0 bridgehead atoms. The van der Waals surface area contributed by atoms with Crippen LogP contribution in [0.25, 0.3) is 38.5 Å². The van der Waals surface area contributed by atoms with Crippen molar-refractivity contribution in [2.45, 2.75) is 32.7 Å². The Hall–Kier alpha value is -5.95. The second-order valence-electron chi connectivity index (χ2n) is 12.6. The maximum Gasteiger partial charge on any atom is 0.433 e. The third kappa shape index (κ3) is 6.43. The number of hydrogen-bond donors (Lipinski definition) is 2. The number of aryl methyl sites for hydroxylation is 2. The zero-order chi connectivity index (χ0) is 35.3. The van der Waals surface area contributed by atoms with Crippen LogP contribution in [0.15, 0.2) is 89.4 Å². The van der Waals surface area contributed by atoms with E-state index < -0.39 is 17.8 Å². The molecule has 10 nitrogen and oxygen atoms in total. The summed E-state index contributed by atoms with van der Waals surface area (Å²) in [6.07, 6.45) is -1.61.